The average molecular weight is 534 g/mol. The minimum atomic E-state index is -3.81. The third kappa shape index (κ3) is 5.15. The van der Waals surface area contributed by atoms with Gasteiger partial charge in [0.2, 0.25) is 15.9 Å². The Hall–Kier alpha value is -3.61. The molecule has 2 heterocycles. The number of aromatic nitrogens is 4. The van der Waals surface area contributed by atoms with Crippen LogP contribution in [0.4, 0.5) is 0 Å². The van der Waals surface area contributed by atoms with E-state index in [2.05, 4.69) is 20.0 Å². The number of fused-ring (bicyclic) bond motifs is 1. The highest BCUT2D eigenvalue weighted by atomic mass is 35.5. The summed E-state index contributed by atoms with van der Waals surface area (Å²) in [6.45, 7) is 1.70. The van der Waals surface area contributed by atoms with Crippen LogP contribution in [0.1, 0.15) is 5.56 Å². The molecule has 0 aliphatic heterocycles. The highest BCUT2D eigenvalue weighted by Crippen LogP contribution is 2.32. The monoisotopic (exact) mass is 533 g/mol. The summed E-state index contributed by atoms with van der Waals surface area (Å²) in [5, 5.41) is 13.0. The fourth-order valence-corrected chi connectivity index (χ4v) is 5.06. The van der Waals surface area contributed by atoms with Crippen molar-refractivity contribution in [1.29, 1.82) is 0 Å². The number of ether oxygens (including phenoxy) is 4. The van der Waals surface area contributed by atoms with E-state index in [1.165, 1.54) is 17.7 Å². The first-order chi connectivity index (χ1) is 17.3. The van der Waals surface area contributed by atoms with Gasteiger partial charge in [0.25, 0.3) is 0 Å². The Kier molecular flexibility index (Phi) is 7.48. The average Bonchev–Trinajstić information content (AvgIpc) is 3.30. The lowest BCUT2D eigenvalue weighted by Crippen LogP contribution is -2.29. The third-order valence-electron chi connectivity index (χ3n) is 5.27. The highest BCUT2D eigenvalue weighted by Gasteiger charge is 2.19. The lowest BCUT2D eigenvalue weighted by molar-refractivity contribution is 0.306. The third-order valence-corrected chi connectivity index (χ3v) is 7.17. The molecule has 0 aliphatic carbocycles. The molecular formula is C23H24ClN5O6S. The molecule has 2 aromatic heterocycles. The molecule has 0 spiro atoms. The van der Waals surface area contributed by atoms with Crippen LogP contribution in [0.5, 0.6) is 23.1 Å². The van der Waals surface area contributed by atoms with Crippen molar-refractivity contribution in [1.82, 2.24) is 24.5 Å². The molecule has 0 amide bonds. The van der Waals surface area contributed by atoms with E-state index in [1.54, 1.807) is 57.5 Å². The molecule has 4 rings (SSSR count). The summed E-state index contributed by atoms with van der Waals surface area (Å²) >= 11 is 6.10. The van der Waals surface area contributed by atoms with E-state index in [0.717, 1.165) is 0 Å². The zero-order chi connectivity index (χ0) is 25.9. The number of aryl methyl sites for hydroxylation is 1. The van der Waals surface area contributed by atoms with Gasteiger partial charge in [-0.15, -0.1) is 15.3 Å². The summed E-state index contributed by atoms with van der Waals surface area (Å²) in [6.07, 6.45) is 0. The van der Waals surface area contributed by atoms with Gasteiger partial charge >= 0.3 is 0 Å². The van der Waals surface area contributed by atoms with E-state index >= 15 is 0 Å². The number of sulfonamides is 1. The molecule has 190 valence electrons. The molecule has 1 N–H and O–H groups in total. The molecule has 2 aromatic carbocycles. The van der Waals surface area contributed by atoms with Gasteiger partial charge < -0.3 is 18.9 Å². The second-order valence-electron chi connectivity index (χ2n) is 7.53. The summed E-state index contributed by atoms with van der Waals surface area (Å²) in [5.41, 5.74) is 1.67. The van der Waals surface area contributed by atoms with Crippen LogP contribution in [0.2, 0.25) is 5.02 Å². The van der Waals surface area contributed by atoms with E-state index in [9.17, 15) is 8.42 Å². The fourth-order valence-electron chi connectivity index (χ4n) is 3.49. The smallest absolute Gasteiger partial charge is 0.241 e. The normalized spacial score (nSPS) is 11.5. The van der Waals surface area contributed by atoms with E-state index < -0.39 is 10.0 Å². The fraction of sp³-hybridized carbons (Fsp3) is 0.261. The predicted octanol–water partition coefficient (Wildman–Crippen LogP) is 3.14. The van der Waals surface area contributed by atoms with Crippen molar-refractivity contribution in [3.63, 3.8) is 0 Å². The van der Waals surface area contributed by atoms with Gasteiger partial charge in [0.15, 0.2) is 11.5 Å². The second kappa shape index (κ2) is 10.6. The second-order valence-corrected chi connectivity index (χ2v) is 9.67. The molecule has 36 heavy (non-hydrogen) atoms. The molecule has 0 saturated carbocycles. The zero-order valence-corrected chi connectivity index (χ0v) is 21.6. The maximum Gasteiger partial charge on any atom is 0.241 e. The molecule has 0 fully saturated rings. The molecule has 0 unspecified atom stereocenters. The van der Waals surface area contributed by atoms with Crippen LogP contribution in [-0.2, 0) is 10.0 Å². The Balaban J connectivity index is 1.47. The van der Waals surface area contributed by atoms with Gasteiger partial charge in [0, 0.05) is 18.7 Å². The summed E-state index contributed by atoms with van der Waals surface area (Å²) in [7, 11) is 0.766. The first kappa shape index (κ1) is 25.5. The Labute approximate surface area is 213 Å². The molecule has 11 nitrogen and oxygen atoms in total. The minimum absolute atomic E-state index is 0.00643. The molecular weight excluding hydrogens is 510 g/mol. The maximum atomic E-state index is 12.7. The van der Waals surface area contributed by atoms with Gasteiger partial charge in [0.1, 0.15) is 23.9 Å². The van der Waals surface area contributed by atoms with Gasteiger partial charge in [0.05, 0.1) is 36.8 Å². The Morgan fingerprint density at radius 1 is 0.972 bits per heavy atom. The molecule has 0 saturated heterocycles. The largest absolute Gasteiger partial charge is 0.497 e. The minimum Gasteiger partial charge on any atom is -0.497 e. The first-order valence-corrected chi connectivity index (χ1v) is 12.5. The van der Waals surface area contributed by atoms with E-state index in [-0.39, 0.29) is 28.9 Å². The van der Waals surface area contributed by atoms with E-state index in [1.807, 2.05) is 0 Å². The van der Waals surface area contributed by atoms with Crippen molar-refractivity contribution >= 4 is 27.3 Å². The molecule has 0 aliphatic rings. The summed E-state index contributed by atoms with van der Waals surface area (Å²) in [6, 6.07) is 11.6. The number of halogens is 1. The summed E-state index contributed by atoms with van der Waals surface area (Å²) in [5.74, 6) is 2.29. The molecule has 13 heteroatoms. The van der Waals surface area contributed by atoms with Crippen molar-refractivity contribution in [2.24, 2.45) is 0 Å². The Morgan fingerprint density at radius 3 is 2.47 bits per heavy atom. The van der Waals surface area contributed by atoms with Crippen LogP contribution in [0.15, 0.2) is 47.4 Å². The van der Waals surface area contributed by atoms with E-state index in [0.29, 0.717) is 39.8 Å². The van der Waals surface area contributed by atoms with Crippen molar-refractivity contribution in [2.45, 2.75) is 11.8 Å². The standard InChI is InChI=1S/C23H24ClN5O6S/c1-14-11-19(34-4)17(24)13-20(14)36(30,31)25-9-10-35-22-8-7-21-26-27-23(29(21)28-22)16-6-5-15(32-2)12-18(16)33-3/h5-8,11-13,25H,9-10H2,1-4H3. The maximum absolute atomic E-state index is 12.7. The Morgan fingerprint density at radius 2 is 1.75 bits per heavy atom. The van der Waals surface area contributed by atoms with Crippen LogP contribution < -0.4 is 23.7 Å². The predicted molar refractivity (Wildman–Crippen MR) is 133 cm³/mol. The van der Waals surface area contributed by atoms with Gasteiger partial charge in [-0.2, -0.15) is 4.52 Å². The van der Waals surface area contributed by atoms with Crippen LogP contribution in [0.25, 0.3) is 17.0 Å². The van der Waals surface area contributed by atoms with Gasteiger partial charge in [-0.3, -0.25) is 0 Å². The van der Waals surface area contributed by atoms with Crippen LogP contribution in [0.3, 0.4) is 0 Å². The topological polar surface area (TPSA) is 126 Å². The number of hydrogen-bond donors (Lipinski definition) is 1. The van der Waals surface area contributed by atoms with E-state index in [4.69, 9.17) is 30.5 Å². The molecule has 0 atom stereocenters. The van der Waals surface area contributed by atoms with Gasteiger partial charge in [-0.1, -0.05) is 11.6 Å². The number of nitrogens with one attached hydrogen (secondary N) is 1. The molecule has 0 bridgehead atoms. The lowest BCUT2D eigenvalue weighted by Gasteiger charge is -2.12. The number of methoxy groups -OCH3 is 3. The van der Waals surface area contributed by atoms with Crippen molar-refractivity contribution in [2.75, 3.05) is 34.5 Å². The van der Waals surface area contributed by atoms with Crippen molar-refractivity contribution < 1.29 is 27.4 Å². The molecule has 4 aromatic rings. The molecule has 0 radical (unpaired) electrons. The van der Waals surface area contributed by atoms with Crippen LogP contribution >= 0.6 is 11.6 Å². The number of nitrogens with zero attached hydrogens (tertiary/aromatic N) is 4. The summed E-state index contributed by atoms with van der Waals surface area (Å²) in [4.78, 5) is 0.0652. The van der Waals surface area contributed by atoms with Crippen LogP contribution in [0, 0.1) is 6.92 Å². The van der Waals surface area contributed by atoms with Crippen LogP contribution in [-0.4, -0.2) is 62.7 Å². The quantitative estimate of drug-likeness (QED) is 0.306. The number of benzene rings is 2. The lowest BCUT2D eigenvalue weighted by atomic mass is 10.2. The Bertz CT molecular complexity index is 1510. The first-order valence-electron chi connectivity index (χ1n) is 10.7. The number of hydrogen-bond acceptors (Lipinski definition) is 9. The highest BCUT2D eigenvalue weighted by molar-refractivity contribution is 7.89. The van der Waals surface area contributed by atoms with Gasteiger partial charge in [-0.05, 0) is 42.8 Å². The van der Waals surface area contributed by atoms with Crippen molar-refractivity contribution in [3.05, 3.63) is 53.1 Å². The van der Waals surface area contributed by atoms with Gasteiger partial charge in [-0.25, -0.2) is 13.1 Å². The SMILES string of the molecule is COc1ccc(-c2nnc3ccc(OCCNS(=O)(=O)c4cc(Cl)c(OC)cc4C)nn23)c(OC)c1. The number of rotatable bonds is 10. The summed E-state index contributed by atoms with van der Waals surface area (Å²) < 4.78 is 51.0. The zero-order valence-electron chi connectivity index (χ0n) is 20.0. The van der Waals surface area contributed by atoms with Crippen molar-refractivity contribution in [3.8, 4) is 34.5 Å².